The molecule has 1 saturated heterocycles. The Balaban J connectivity index is 1.37. The summed E-state index contributed by atoms with van der Waals surface area (Å²) in [4.78, 5) is 44.9. The second kappa shape index (κ2) is 10.8. The normalized spacial score (nSPS) is 15.4. The van der Waals surface area contributed by atoms with Gasteiger partial charge in [-0.05, 0) is 91.1 Å². The zero-order valence-electron chi connectivity index (χ0n) is 20.6. The van der Waals surface area contributed by atoms with E-state index in [0.717, 1.165) is 16.5 Å². The van der Waals surface area contributed by atoms with E-state index in [9.17, 15) is 14.4 Å². The van der Waals surface area contributed by atoms with Crippen LogP contribution in [0.5, 0.6) is 0 Å². The van der Waals surface area contributed by atoms with Crippen LogP contribution in [0, 0.1) is 0 Å². The lowest BCUT2D eigenvalue weighted by Gasteiger charge is -2.24. The molecule has 1 aromatic heterocycles. The largest absolute Gasteiger partial charge is 0.361 e. The number of nitrogens with zero attached hydrogens (tertiary/aromatic N) is 2. The molecule has 2 heterocycles. The second-order valence-corrected chi connectivity index (χ2v) is 9.98. The van der Waals surface area contributed by atoms with E-state index in [4.69, 9.17) is 23.8 Å². The first kappa shape index (κ1) is 25.6. The van der Waals surface area contributed by atoms with Crippen LogP contribution in [-0.2, 0) is 16.0 Å². The lowest BCUT2D eigenvalue weighted by atomic mass is 10.1. The van der Waals surface area contributed by atoms with Crippen molar-refractivity contribution >= 4 is 68.8 Å². The number of thiocarbonyl (C=S) groups is 1. The Morgan fingerprint density at radius 1 is 1.03 bits per heavy atom. The van der Waals surface area contributed by atoms with Gasteiger partial charge in [0.15, 0.2) is 10.9 Å². The van der Waals surface area contributed by atoms with Crippen molar-refractivity contribution in [3.8, 4) is 0 Å². The van der Waals surface area contributed by atoms with Crippen molar-refractivity contribution in [2.24, 2.45) is 0 Å². The van der Waals surface area contributed by atoms with Crippen molar-refractivity contribution in [1.29, 1.82) is 0 Å². The number of aromatic amines is 1. The van der Waals surface area contributed by atoms with Crippen LogP contribution in [-0.4, -0.2) is 45.2 Å². The maximum absolute atomic E-state index is 13.7. The summed E-state index contributed by atoms with van der Waals surface area (Å²) in [5.41, 5.74) is 3.69. The highest BCUT2D eigenvalue weighted by Crippen LogP contribution is 2.28. The van der Waals surface area contributed by atoms with Crippen LogP contribution in [0.3, 0.4) is 0 Å². The number of hydrogen-bond acceptors (Lipinski definition) is 4. The first-order chi connectivity index (χ1) is 18.3. The van der Waals surface area contributed by atoms with Crippen LogP contribution in [0.25, 0.3) is 10.9 Å². The van der Waals surface area contributed by atoms with Crippen LogP contribution in [0.15, 0.2) is 79.0 Å². The molecule has 7 nitrogen and oxygen atoms in total. The van der Waals surface area contributed by atoms with Crippen LogP contribution < -0.4 is 10.2 Å². The molecule has 1 aliphatic rings. The molecule has 192 valence electrons. The van der Waals surface area contributed by atoms with Gasteiger partial charge in [-0.1, -0.05) is 29.8 Å². The van der Waals surface area contributed by atoms with Crippen LogP contribution in [0.4, 0.5) is 11.4 Å². The Hall–Kier alpha value is -4.01. The molecule has 1 fully saturated rings. The second-order valence-electron chi connectivity index (χ2n) is 9.18. The van der Waals surface area contributed by atoms with Crippen LogP contribution >= 0.6 is 23.8 Å². The smallest absolute Gasteiger partial charge is 0.256 e. The first-order valence-electron chi connectivity index (χ1n) is 12.2. The number of nitrogens with one attached hydrogen (secondary N) is 2. The van der Waals surface area contributed by atoms with Gasteiger partial charge in [-0.3, -0.25) is 19.3 Å². The Morgan fingerprint density at radius 2 is 1.76 bits per heavy atom. The number of benzene rings is 3. The molecule has 1 aliphatic heterocycles. The number of rotatable bonds is 8. The summed E-state index contributed by atoms with van der Waals surface area (Å²) < 4.78 is 0. The third kappa shape index (κ3) is 5.32. The SMILES string of the molecule is CC(=O)c1ccc(N2C(=O)C(CC(=O)Nc3ccc4cc[nH]c4c3)N(CCc3ccc(Cl)cc3)C2=S)cc1. The van der Waals surface area contributed by atoms with E-state index in [2.05, 4.69) is 10.3 Å². The highest BCUT2D eigenvalue weighted by molar-refractivity contribution is 7.80. The fraction of sp³-hybridized carbons (Fsp3) is 0.172. The standard InChI is InChI=1S/C29H25ClN4O3S/c1-18(35)20-5-10-24(11-6-20)34-28(37)26(33(29(34)38)15-13-19-2-7-22(30)8-3-19)17-27(36)32-23-9-4-21-12-14-31-25(21)16-23/h2-12,14,16,26,31H,13,15,17H2,1H3,(H,32,36). The Labute approximate surface area is 230 Å². The molecule has 4 aromatic rings. The number of Topliss-reactive ketones (excluding diaryl/α,β-unsaturated/α-hetero) is 1. The molecule has 0 radical (unpaired) electrons. The number of ketones is 1. The van der Waals surface area contributed by atoms with Gasteiger partial charge >= 0.3 is 0 Å². The van der Waals surface area contributed by atoms with E-state index >= 15 is 0 Å². The molecule has 1 unspecified atom stereocenters. The van der Waals surface area contributed by atoms with E-state index in [0.29, 0.717) is 40.0 Å². The Bertz CT molecular complexity index is 1530. The molecule has 9 heteroatoms. The number of aromatic nitrogens is 1. The van der Waals surface area contributed by atoms with Gasteiger partial charge in [-0.2, -0.15) is 0 Å². The van der Waals surface area contributed by atoms with Gasteiger partial charge in [0.2, 0.25) is 5.91 Å². The molecule has 0 aliphatic carbocycles. The minimum atomic E-state index is -0.767. The molecule has 1 atom stereocenters. The van der Waals surface area contributed by atoms with E-state index in [1.54, 1.807) is 29.2 Å². The minimum Gasteiger partial charge on any atom is -0.361 e. The van der Waals surface area contributed by atoms with Crippen molar-refractivity contribution in [3.63, 3.8) is 0 Å². The number of hydrogen-bond donors (Lipinski definition) is 2. The number of carbonyl (C=O) groups is 3. The van der Waals surface area contributed by atoms with E-state index in [-0.39, 0.29) is 24.0 Å². The minimum absolute atomic E-state index is 0.0651. The van der Waals surface area contributed by atoms with Gasteiger partial charge < -0.3 is 15.2 Å². The predicted molar refractivity (Wildman–Crippen MR) is 154 cm³/mol. The molecule has 0 spiro atoms. The fourth-order valence-corrected chi connectivity index (χ4v) is 5.12. The van der Waals surface area contributed by atoms with Gasteiger partial charge in [0.05, 0.1) is 12.1 Å². The molecule has 2 N–H and O–H groups in total. The summed E-state index contributed by atoms with van der Waals surface area (Å²) in [7, 11) is 0. The summed E-state index contributed by atoms with van der Waals surface area (Å²) >= 11 is 11.8. The molecular weight excluding hydrogens is 520 g/mol. The molecule has 38 heavy (non-hydrogen) atoms. The van der Waals surface area contributed by atoms with Gasteiger partial charge in [-0.15, -0.1) is 0 Å². The Morgan fingerprint density at radius 3 is 2.47 bits per heavy atom. The average molecular weight is 545 g/mol. The van der Waals surface area contributed by atoms with Crippen LogP contribution in [0.2, 0.25) is 5.02 Å². The maximum Gasteiger partial charge on any atom is 0.256 e. The molecule has 3 aromatic carbocycles. The lowest BCUT2D eigenvalue weighted by Crippen LogP contribution is -2.39. The highest BCUT2D eigenvalue weighted by Gasteiger charge is 2.43. The van der Waals surface area contributed by atoms with Gasteiger partial charge in [0.1, 0.15) is 6.04 Å². The van der Waals surface area contributed by atoms with Crippen molar-refractivity contribution < 1.29 is 14.4 Å². The summed E-state index contributed by atoms with van der Waals surface area (Å²) in [6.45, 7) is 1.93. The topological polar surface area (TPSA) is 85.5 Å². The molecular formula is C29H25ClN4O3S. The highest BCUT2D eigenvalue weighted by atomic mass is 35.5. The van der Waals surface area contributed by atoms with Crippen molar-refractivity contribution in [2.45, 2.75) is 25.8 Å². The third-order valence-electron chi connectivity index (χ3n) is 6.62. The molecule has 5 rings (SSSR count). The van der Waals surface area contributed by atoms with Gasteiger partial charge in [-0.25, -0.2) is 0 Å². The number of halogens is 1. The number of H-pyrrole nitrogens is 1. The average Bonchev–Trinajstić information content (AvgIpc) is 3.45. The maximum atomic E-state index is 13.7. The predicted octanol–water partition coefficient (Wildman–Crippen LogP) is 5.60. The number of fused-ring (bicyclic) bond motifs is 1. The summed E-state index contributed by atoms with van der Waals surface area (Å²) in [6, 6.07) is 21.0. The molecule has 2 amide bonds. The Kier molecular flexibility index (Phi) is 7.26. The summed E-state index contributed by atoms with van der Waals surface area (Å²) in [5, 5.41) is 4.92. The first-order valence-corrected chi connectivity index (χ1v) is 13.0. The van der Waals surface area contributed by atoms with Crippen molar-refractivity contribution in [1.82, 2.24) is 9.88 Å². The van der Waals surface area contributed by atoms with E-state index in [1.165, 1.54) is 11.8 Å². The molecule has 0 saturated carbocycles. The van der Waals surface area contributed by atoms with Crippen LogP contribution in [0.1, 0.15) is 29.3 Å². The van der Waals surface area contributed by atoms with Crippen molar-refractivity contribution in [2.75, 3.05) is 16.8 Å². The van der Waals surface area contributed by atoms with Gasteiger partial charge in [0, 0.05) is 34.5 Å². The zero-order valence-corrected chi connectivity index (χ0v) is 22.2. The molecule has 0 bridgehead atoms. The quantitative estimate of drug-likeness (QED) is 0.223. The summed E-state index contributed by atoms with van der Waals surface area (Å²) in [6.07, 6.45) is 2.39. The zero-order chi connectivity index (χ0) is 26.8. The van der Waals surface area contributed by atoms with Crippen molar-refractivity contribution in [3.05, 3.63) is 95.1 Å². The third-order valence-corrected chi connectivity index (χ3v) is 7.29. The monoisotopic (exact) mass is 544 g/mol. The van der Waals surface area contributed by atoms with Gasteiger partial charge in [0.25, 0.3) is 5.91 Å². The van der Waals surface area contributed by atoms with E-state index < -0.39 is 6.04 Å². The lowest BCUT2D eigenvalue weighted by molar-refractivity contribution is -0.124. The fourth-order valence-electron chi connectivity index (χ4n) is 4.58. The van der Waals surface area contributed by atoms with E-state index in [1.807, 2.05) is 54.7 Å². The number of anilines is 2. The summed E-state index contributed by atoms with van der Waals surface area (Å²) in [5.74, 6) is -0.637. The number of carbonyl (C=O) groups excluding carboxylic acids is 3. The number of amides is 2.